The number of hydrogen-bond acceptors (Lipinski definition) is 5. The Morgan fingerprint density at radius 1 is 1.10 bits per heavy atom. The quantitative estimate of drug-likeness (QED) is 0.651. The molecule has 0 bridgehead atoms. The molecule has 0 saturated carbocycles. The van der Waals surface area contributed by atoms with Gasteiger partial charge in [0.1, 0.15) is 12.3 Å². The molecule has 0 aliphatic rings. The molecule has 1 aromatic heterocycles. The number of nitrogens with zero attached hydrogens (tertiary/aromatic N) is 2. The molecule has 0 radical (unpaired) electrons. The number of hydrogen-bond donors (Lipinski definition) is 1. The van der Waals surface area contributed by atoms with Crippen molar-refractivity contribution in [2.45, 2.75) is 33.3 Å². The molecule has 0 amide bonds. The van der Waals surface area contributed by atoms with Gasteiger partial charge in [0.05, 0.1) is 18.4 Å². The molecule has 1 heterocycles. The molecule has 1 N–H and O–H groups in total. The average molecular weight is 431 g/mol. The predicted octanol–water partition coefficient (Wildman–Crippen LogP) is 4.35. The molecule has 0 aliphatic heterocycles. The molecule has 160 valence electrons. The minimum absolute atomic E-state index is 0.136. The number of aryl methyl sites for hydroxylation is 2. The fourth-order valence-electron chi connectivity index (χ4n) is 2.43. The number of aromatic nitrogens is 2. The van der Waals surface area contributed by atoms with Gasteiger partial charge in [-0.15, -0.1) is 0 Å². The van der Waals surface area contributed by atoms with Crippen molar-refractivity contribution in [3.63, 3.8) is 0 Å². The lowest BCUT2D eigenvalue weighted by Crippen LogP contribution is -2.28. The summed E-state index contributed by atoms with van der Waals surface area (Å²) < 4.78 is 12.4. The lowest BCUT2D eigenvalue weighted by molar-refractivity contribution is 0.0276. The van der Waals surface area contributed by atoms with Crippen molar-refractivity contribution in [3.8, 4) is 17.2 Å². The minimum Gasteiger partial charge on any atom is -0.493 e. The molecule has 0 fully saturated rings. The molecule has 3 rings (SSSR count). The number of benzene rings is 2. The Balaban J connectivity index is 0.000000335. The molecule has 0 spiro atoms. The minimum atomic E-state index is -0.942. The highest BCUT2D eigenvalue weighted by Crippen LogP contribution is 2.29. The lowest BCUT2D eigenvalue weighted by atomic mass is 10.2. The highest BCUT2D eigenvalue weighted by molar-refractivity contribution is 6.30. The van der Waals surface area contributed by atoms with E-state index in [0.717, 1.165) is 5.02 Å². The van der Waals surface area contributed by atoms with E-state index in [0.29, 0.717) is 22.9 Å². The van der Waals surface area contributed by atoms with Gasteiger partial charge in [-0.2, -0.15) is 0 Å². The highest BCUT2D eigenvalue weighted by atomic mass is 35.5. The zero-order valence-corrected chi connectivity index (χ0v) is 18.6. The molecule has 3 aromatic rings. The van der Waals surface area contributed by atoms with Gasteiger partial charge in [0.15, 0.2) is 11.5 Å². The van der Waals surface area contributed by atoms with E-state index in [1.165, 1.54) is 17.2 Å². The Bertz CT molecular complexity index is 1000. The summed E-state index contributed by atoms with van der Waals surface area (Å²) in [6, 6.07) is 12.9. The fourth-order valence-corrected chi connectivity index (χ4v) is 2.55. The van der Waals surface area contributed by atoms with E-state index in [2.05, 4.69) is 4.98 Å². The van der Waals surface area contributed by atoms with Gasteiger partial charge in [-0.25, -0.2) is 0 Å². The Labute approximate surface area is 181 Å². The molecular formula is C23H27ClN2O4. The molecule has 6 nitrogen and oxygen atoms in total. The Morgan fingerprint density at radius 3 is 2.33 bits per heavy atom. The first kappa shape index (κ1) is 23.4. The summed E-state index contributed by atoms with van der Waals surface area (Å²) in [4.78, 5) is 16.1. The number of aliphatic hydroxyl groups is 1. The van der Waals surface area contributed by atoms with Gasteiger partial charge in [0, 0.05) is 23.5 Å². The summed E-state index contributed by atoms with van der Waals surface area (Å²) in [5.74, 6) is 0.996. The molecule has 7 heteroatoms. The number of ether oxygens (including phenoxy) is 2. The third-order valence-corrected chi connectivity index (χ3v) is 4.28. The maximum atomic E-state index is 12.1. The van der Waals surface area contributed by atoms with E-state index in [4.69, 9.17) is 21.1 Å². The van der Waals surface area contributed by atoms with Gasteiger partial charge in [-0.1, -0.05) is 29.3 Å². The van der Waals surface area contributed by atoms with Crippen molar-refractivity contribution < 1.29 is 14.6 Å². The Kier molecular flexibility index (Phi) is 8.03. The highest BCUT2D eigenvalue weighted by Gasteiger charge is 2.16. The average Bonchev–Trinajstić information content (AvgIpc) is 2.70. The van der Waals surface area contributed by atoms with E-state index in [1.54, 1.807) is 51.4 Å². The number of halogens is 1. The normalized spacial score (nSPS) is 10.8. The van der Waals surface area contributed by atoms with Crippen molar-refractivity contribution in [2.75, 3.05) is 13.7 Å². The SMILES string of the molecule is COc1cc(-n2ccnc(C)c2=O)ccc1OCC(C)(C)O.Cc1ccc(Cl)cc1. The van der Waals surface area contributed by atoms with Crippen LogP contribution in [0.1, 0.15) is 25.1 Å². The van der Waals surface area contributed by atoms with Crippen molar-refractivity contribution >= 4 is 11.6 Å². The molecule has 0 unspecified atom stereocenters. The van der Waals surface area contributed by atoms with Crippen molar-refractivity contribution in [3.05, 3.63) is 81.5 Å². The molecular weight excluding hydrogens is 404 g/mol. The van der Waals surface area contributed by atoms with Crippen LogP contribution in [0.3, 0.4) is 0 Å². The van der Waals surface area contributed by atoms with Gasteiger partial charge in [0.2, 0.25) is 0 Å². The summed E-state index contributed by atoms with van der Waals surface area (Å²) in [6.07, 6.45) is 3.17. The van der Waals surface area contributed by atoms with E-state index in [1.807, 2.05) is 31.2 Å². The van der Waals surface area contributed by atoms with Crippen LogP contribution in [-0.2, 0) is 0 Å². The van der Waals surface area contributed by atoms with Gasteiger partial charge in [0.25, 0.3) is 5.56 Å². The molecule has 0 saturated heterocycles. The maximum Gasteiger partial charge on any atom is 0.276 e. The van der Waals surface area contributed by atoms with Crippen molar-refractivity contribution in [1.82, 2.24) is 9.55 Å². The van der Waals surface area contributed by atoms with Crippen LogP contribution >= 0.6 is 11.6 Å². The third-order valence-electron chi connectivity index (χ3n) is 4.03. The monoisotopic (exact) mass is 430 g/mol. The van der Waals surface area contributed by atoms with Crippen LogP contribution in [0, 0.1) is 13.8 Å². The first-order valence-electron chi connectivity index (χ1n) is 9.41. The Morgan fingerprint density at radius 2 is 1.77 bits per heavy atom. The van der Waals surface area contributed by atoms with E-state index < -0.39 is 5.60 Å². The summed E-state index contributed by atoms with van der Waals surface area (Å²) in [5.41, 5.74) is 1.19. The van der Waals surface area contributed by atoms with Gasteiger partial charge >= 0.3 is 0 Å². The van der Waals surface area contributed by atoms with Crippen molar-refractivity contribution in [2.24, 2.45) is 0 Å². The molecule has 30 heavy (non-hydrogen) atoms. The maximum absolute atomic E-state index is 12.1. The predicted molar refractivity (Wildman–Crippen MR) is 119 cm³/mol. The van der Waals surface area contributed by atoms with Gasteiger partial charge < -0.3 is 14.6 Å². The van der Waals surface area contributed by atoms with Crippen LogP contribution in [0.4, 0.5) is 0 Å². The van der Waals surface area contributed by atoms with Crippen LogP contribution in [0.5, 0.6) is 11.5 Å². The lowest BCUT2D eigenvalue weighted by Gasteiger charge is -2.19. The van der Waals surface area contributed by atoms with Gasteiger partial charge in [-0.05, 0) is 52.0 Å². The molecule has 0 aliphatic carbocycles. The smallest absolute Gasteiger partial charge is 0.276 e. The van der Waals surface area contributed by atoms with E-state index >= 15 is 0 Å². The third kappa shape index (κ3) is 6.90. The standard InChI is InChI=1S/C16H20N2O4.C7H7Cl/c1-11-15(19)18(8-7-17-11)12-5-6-13(14(9-12)21-4)22-10-16(2,3)20;1-6-2-4-7(8)5-3-6/h5-9,20H,10H2,1-4H3;2-5H,1H3. The van der Waals surface area contributed by atoms with Crippen LogP contribution in [0.2, 0.25) is 5.02 Å². The summed E-state index contributed by atoms with van der Waals surface area (Å²) >= 11 is 5.61. The largest absolute Gasteiger partial charge is 0.493 e. The summed E-state index contributed by atoms with van der Waals surface area (Å²) in [7, 11) is 1.52. The van der Waals surface area contributed by atoms with Crippen LogP contribution in [0.25, 0.3) is 5.69 Å². The molecule has 0 atom stereocenters. The van der Waals surface area contributed by atoms with E-state index in [9.17, 15) is 9.90 Å². The van der Waals surface area contributed by atoms with Crippen LogP contribution in [0.15, 0.2) is 59.7 Å². The van der Waals surface area contributed by atoms with Gasteiger partial charge in [-0.3, -0.25) is 14.3 Å². The second-order valence-corrected chi connectivity index (χ2v) is 7.86. The first-order chi connectivity index (χ1) is 14.1. The fraction of sp³-hybridized carbons (Fsp3) is 0.304. The zero-order valence-electron chi connectivity index (χ0n) is 17.8. The van der Waals surface area contributed by atoms with E-state index in [-0.39, 0.29) is 12.2 Å². The summed E-state index contributed by atoms with van der Waals surface area (Å²) in [5, 5.41) is 10.5. The second-order valence-electron chi connectivity index (χ2n) is 7.42. The first-order valence-corrected chi connectivity index (χ1v) is 9.78. The number of methoxy groups -OCH3 is 1. The Hall–Kier alpha value is -2.83. The second kappa shape index (κ2) is 10.3. The zero-order chi connectivity index (χ0) is 22.3. The molecule has 2 aromatic carbocycles. The van der Waals surface area contributed by atoms with Crippen LogP contribution in [-0.4, -0.2) is 34.0 Å². The van der Waals surface area contributed by atoms with Crippen LogP contribution < -0.4 is 15.0 Å². The number of rotatable bonds is 5. The topological polar surface area (TPSA) is 73.6 Å². The summed E-state index contributed by atoms with van der Waals surface area (Å²) in [6.45, 7) is 7.16. The van der Waals surface area contributed by atoms with Crippen molar-refractivity contribution in [1.29, 1.82) is 0 Å².